The lowest BCUT2D eigenvalue weighted by atomic mass is 10.3. The third-order valence-electron chi connectivity index (χ3n) is 1.24. The van der Waals surface area contributed by atoms with Crippen LogP contribution in [0.1, 0.15) is 10.5 Å². The zero-order valence-electron chi connectivity index (χ0n) is 5.91. The van der Waals surface area contributed by atoms with Crippen LogP contribution in [0.15, 0.2) is 6.07 Å². The smallest absolute Gasteiger partial charge is 0.356 e. The van der Waals surface area contributed by atoms with E-state index in [-0.39, 0.29) is 22.2 Å². The van der Waals surface area contributed by atoms with Gasteiger partial charge in [0, 0.05) is 0 Å². The Hall–Kier alpha value is -1.49. The second-order valence-electron chi connectivity index (χ2n) is 2.11. The summed E-state index contributed by atoms with van der Waals surface area (Å²) in [4.78, 5) is 13.9. The summed E-state index contributed by atoms with van der Waals surface area (Å²) in [6.45, 7) is 0. The molecule has 0 aliphatic carbocycles. The number of rotatable bonds is 1. The van der Waals surface area contributed by atoms with Crippen LogP contribution >= 0.6 is 11.6 Å². The highest BCUT2D eigenvalue weighted by Crippen LogP contribution is 2.20. The van der Waals surface area contributed by atoms with Crippen LogP contribution < -0.4 is 11.5 Å². The fraction of sp³-hybridized carbons (Fsp3) is 0. The van der Waals surface area contributed by atoms with Gasteiger partial charge in [0.05, 0.1) is 11.4 Å². The lowest BCUT2D eigenvalue weighted by Gasteiger charge is -2.02. The first-order chi connectivity index (χ1) is 5.52. The lowest BCUT2D eigenvalue weighted by Crippen LogP contribution is -2.07. The predicted molar refractivity (Wildman–Crippen MR) is 45.0 cm³/mol. The Labute approximate surface area is 73.0 Å². The lowest BCUT2D eigenvalue weighted by molar-refractivity contribution is 0.0692. The van der Waals surface area contributed by atoms with Gasteiger partial charge in [-0.2, -0.15) is 0 Å². The molecule has 5 N–H and O–H groups in total. The fourth-order valence-electron chi connectivity index (χ4n) is 0.694. The highest BCUT2D eigenvalue weighted by molar-refractivity contribution is 6.32. The van der Waals surface area contributed by atoms with Crippen molar-refractivity contribution in [2.45, 2.75) is 0 Å². The Morgan fingerprint density at radius 1 is 1.50 bits per heavy atom. The molecule has 1 aromatic heterocycles. The van der Waals surface area contributed by atoms with Gasteiger partial charge in [-0.3, -0.25) is 0 Å². The SMILES string of the molecule is Nc1cc(N)c(C(=O)O)nc1Cl. The molecule has 5 nitrogen and oxygen atoms in total. The quantitative estimate of drug-likeness (QED) is 0.559. The topological polar surface area (TPSA) is 102 Å². The molecular formula is C6H6ClN3O2. The van der Waals surface area contributed by atoms with Crippen molar-refractivity contribution in [1.29, 1.82) is 0 Å². The van der Waals surface area contributed by atoms with E-state index in [4.69, 9.17) is 28.2 Å². The van der Waals surface area contributed by atoms with E-state index in [1.165, 1.54) is 6.07 Å². The molecule has 12 heavy (non-hydrogen) atoms. The largest absolute Gasteiger partial charge is 0.476 e. The summed E-state index contributed by atoms with van der Waals surface area (Å²) < 4.78 is 0. The molecule has 0 bridgehead atoms. The van der Waals surface area contributed by atoms with Crippen LogP contribution in [-0.2, 0) is 0 Å². The fourth-order valence-corrected chi connectivity index (χ4v) is 0.833. The Morgan fingerprint density at radius 2 is 2.08 bits per heavy atom. The Kier molecular flexibility index (Phi) is 2.05. The number of nitrogens with two attached hydrogens (primary N) is 2. The zero-order chi connectivity index (χ0) is 9.30. The Balaban J connectivity index is 3.33. The molecule has 0 saturated carbocycles. The maximum absolute atomic E-state index is 10.4. The van der Waals surface area contributed by atoms with Gasteiger partial charge in [0.1, 0.15) is 0 Å². The van der Waals surface area contributed by atoms with Crippen molar-refractivity contribution in [3.05, 3.63) is 16.9 Å². The van der Waals surface area contributed by atoms with E-state index in [1.54, 1.807) is 0 Å². The highest BCUT2D eigenvalue weighted by Gasteiger charge is 2.12. The molecule has 0 fully saturated rings. The maximum Gasteiger partial charge on any atom is 0.356 e. The summed E-state index contributed by atoms with van der Waals surface area (Å²) in [5.74, 6) is -1.23. The molecule has 0 aliphatic heterocycles. The molecule has 0 unspecified atom stereocenters. The molecule has 0 saturated heterocycles. The van der Waals surface area contributed by atoms with E-state index < -0.39 is 5.97 Å². The monoisotopic (exact) mass is 187 g/mol. The van der Waals surface area contributed by atoms with Gasteiger partial charge < -0.3 is 16.6 Å². The van der Waals surface area contributed by atoms with Crippen molar-refractivity contribution < 1.29 is 9.90 Å². The second kappa shape index (κ2) is 2.86. The number of halogens is 1. The Bertz CT molecular complexity index is 340. The van der Waals surface area contributed by atoms with E-state index in [2.05, 4.69) is 4.98 Å². The number of pyridine rings is 1. The van der Waals surface area contributed by atoms with Gasteiger partial charge in [-0.1, -0.05) is 11.6 Å². The molecule has 1 heterocycles. The summed E-state index contributed by atoms with van der Waals surface area (Å²) in [7, 11) is 0. The van der Waals surface area contributed by atoms with Crippen LogP contribution in [0.2, 0.25) is 5.15 Å². The number of carboxylic acids is 1. The first kappa shape index (κ1) is 8.61. The van der Waals surface area contributed by atoms with Crippen molar-refractivity contribution in [2.24, 2.45) is 0 Å². The first-order valence-electron chi connectivity index (χ1n) is 2.97. The molecule has 0 aromatic carbocycles. The van der Waals surface area contributed by atoms with E-state index in [0.29, 0.717) is 0 Å². The summed E-state index contributed by atoms with van der Waals surface area (Å²) in [5.41, 5.74) is 10.5. The van der Waals surface area contributed by atoms with E-state index in [0.717, 1.165) is 0 Å². The number of carboxylic acid groups (broad SMARTS) is 1. The van der Waals surface area contributed by atoms with Crippen LogP contribution in [0.25, 0.3) is 0 Å². The number of hydrogen-bond acceptors (Lipinski definition) is 4. The summed E-state index contributed by atoms with van der Waals surface area (Å²) in [6, 6.07) is 1.26. The molecule has 64 valence electrons. The average molecular weight is 188 g/mol. The van der Waals surface area contributed by atoms with Gasteiger partial charge in [-0.15, -0.1) is 0 Å². The van der Waals surface area contributed by atoms with Crippen LogP contribution in [0.4, 0.5) is 11.4 Å². The minimum Gasteiger partial charge on any atom is -0.476 e. The molecule has 0 amide bonds. The number of aromatic carboxylic acids is 1. The molecule has 0 aliphatic rings. The van der Waals surface area contributed by atoms with Gasteiger partial charge in [0.2, 0.25) is 0 Å². The predicted octanol–water partition coefficient (Wildman–Crippen LogP) is 0.598. The molecule has 1 aromatic rings. The third kappa shape index (κ3) is 1.40. The molecule has 6 heteroatoms. The molecule has 0 spiro atoms. The zero-order valence-corrected chi connectivity index (χ0v) is 6.67. The van der Waals surface area contributed by atoms with Crippen molar-refractivity contribution in [1.82, 2.24) is 4.98 Å². The minimum absolute atomic E-state index is 0.00407. The second-order valence-corrected chi connectivity index (χ2v) is 2.47. The van der Waals surface area contributed by atoms with Crippen molar-refractivity contribution in [3.63, 3.8) is 0 Å². The van der Waals surface area contributed by atoms with Crippen LogP contribution in [0, 0.1) is 0 Å². The first-order valence-corrected chi connectivity index (χ1v) is 3.35. The Morgan fingerprint density at radius 3 is 2.58 bits per heavy atom. The van der Waals surface area contributed by atoms with Gasteiger partial charge in [-0.05, 0) is 6.07 Å². The van der Waals surface area contributed by atoms with Crippen molar-refractivity contribution in [3.8, 4) is 0 Å². The molecule has 0 radical (unpaired) electrons. The third-order valence-corrected chi connectivity index (χ3v) is 1.54. The van der Waals surface area contributed by atoms with E-state index in [1.807, 2.05) is 0 Å². The molecular weight excluding hydrogens is 182 g/mol. The maximum atomic E-state index is 10.4. The highest BCUT2D eigenvalue weighted by atomic mass is 35.5. The molecule has 1 rings (SSSR count). The van der Waals surface area contributed by atoms with E-state index in [9.17, 15) is 4.79 Å². The normalized spacial score (nSPS) is 9.75. The van der Waals surface area contributed by atoms with Gasteiger partial charge in [0.25, 0.3) is 0 Å². The number of nitrogen functional groups attached to an aromatic ring is 2. The number of anilines is 2. The van der Waals surface area contributed by atoms with Crippen molar-refractivity contribution in [2.75, 3.05) is 11.5 Å². The number of carbonyl (C=O) groups is 1. The van der Waals surface area contributed by atoms with Crippen LogP contribution in [-0.4, -0.2) is 16.1 Å². The van der Waals surface area contributed by atoms with Crippen molar-refractivity contribution >= 4 is 28.9 Å². The number of aromatic nitrogens is 1. The summed E-state index contributed by atoms with van der Waals surface area (Å²) >= 11 is 5.47. The standard InChI is InChI=1S/C6H6ClN3O2/c7-5-3(9)1-2(8)4(10-5)6(11)12/h1H,8-9H2,(H,11,12). The van der Waals surface area contributed by atoms with Gasteiger partial charge in [0.15, 0.2) is 10.8 Å². The summed E-state index contributed by atoms with van der Waals surface area (Å²) in [6.07, 6.45) is 0. The van der Waals surface area contributed by atoms with Gasteiger partial charge in [-0.25, -0.2) is 9.78 Å². The van der Waals surface area contributed by atoms with E-state index >= 15 is 0 Å². The van der Waals surface area contributed by atoms with Crippen LogP contribution in [0.3, 0.4) is 0 Å². The number of hydrogen-bond donors (Lipinski definition) is 3. The number of nitrogens with zero attached hydrogens (tertiary/aromatic N) is 1. The molecule has 0 atom stereocenters. The minimum atomic E-state index is -1.23. The average Bonchev–Trinajstić information content (AvgIpc) is 1.96. The van der Waals surface area contributed by atoms with Gasteiger partial charge >= 0.3 is 5.97 Å². The van der Waals surface area contributed by atoms with Crippen LogP contribution in [0.5, 0.6) is 0 Å². The summed E-state index contributed by atoms with van der Waals surface area (Å²) in [5, 5.41) is 8.48.